The van der Waals surface area contributed by atoms with Crippen LogP contribution in [0.5, 0.6) is 5.75 Å². The number of carbonyl (C=O) groups is 1. The molecule has 0 aliphatic carbocycles. The predicted octanol–water partition coefficient (Wildman–Crippen LogP) is 3.31. The van der Waals surface area contributed by atoms with Crippen molar-refractivity contribution in [1.82, 2.24) is 10.6 Å². The average Bonchev–Trinajstić information content (AvgIpc) is 2.59. The fourth-order valence-corrected chi connectivity index (χ4v) is 2.36. The predicted molar refractivity (Wildman–Crippen MR) is 92.8 cm³/mol. The number of benzene rings is 2. The van der Waals surface area contributed by atoms with E-state index in [1.54, 1.807) is 13.2 Å². The first-order valence-electron chi connectivity index (χ1n) is 8.06. The highest BCUT2D eigenvalue weighted by Gasteiger charge is 2.01. The van der Waals surface area contributed by atoms with Gasteiger partial charge >= 0.3 is 6.03 Å². The summed E-state index contributed by atoms with van der Waals surface area (Å²) in [6.45, 7) is 1.13. The Bertz CT molecular complexity index is 644. The molecule has 0 atom stereocenters. The van der Waals surface area contributed by atoms with Crippen molar-refractivity contribution in [3.63, 3.8) is 0 Å². The Labute approximate surface area is 142 Å². The maximum absolute atomic E-state index is 13.0. The summed E-state index contributed by atoms with van der Waals surface area (Å²) in [5.74, 6) is 0.597. The van der Waals surface area contributed by atoms with Crippen molar-refractivity contribution in [2.75, 3.05) is 20.2 Å². The summed E-state index contributed by atoms with van der Waals surface area (Å²) in [6, 6.07) is 14.1. The number of halogens is 1. The summed E-state index contributed by atoms with van der Waals surface area (Å²) in [4.78, 5) is 11.7. The number of hydrogen-bond donors (Lipinski definition) is 2. The molecule has 2 aromatic rings. The highest BCUT2D eigenvalue weighted by molar-refractivity contribution is 5.73. The Balaban J connectivity index is 1.57. The van der Waals surface area contributed by atoms with Crippen molar-refractivity contribution in [3.05, 3.63) is 65.5 Å². The minimum Gasteiger partial charge on any atom is -0.497 e. The fraction of sp³-hybridized carbons (Fsp3) is 0.316. The largest absolute Gasteiger partial charge is 0.497 e. The average molecular weight is 330 g/mol. The fourth-order valence-electron chi connectivity index (χ4n) is 2.36. The first-order chi connectivity index (χ1) is 11.7. The zero-order valence-corrected chi connectivity index (χ0v) is 13.8. The first kappa shape index (κ1) is 17.8. The van der Waals surface area contributed by atoms with Gasteiger partial charge in [0.1, 0.15) is 11.6 Å². The van der Waals surface area contributed by atoms with E-state index < -0.39 is 0 Å². The highest BCUT2D eigenvalue weighted by Crippen LogP contribution is 2.11. The first-order valence-corrected chi connectivity index (χ1v) is 8.06. The van der Waals surface area contributed by atoms with Gasteiger partial charge in [0.15, 0.2) is 0 Å². The van der Waals surface area contributed by atoms with E-state index in [1.165, 1.54) is 12.1 Å². The number of methoxy groups -OCH3 is 1. The van der Waals surface area contributed by atoms with E-state index in [0.717, 1.165) is 36.1 Å². The van der Waals surface area contributed by atoms with Crippen LogP contribution < -0.4 is 15.4 Å². The molecular weight excluding hydrogens is 307 g/mol. The molecule has 0 spiro atoms. The molecule has 2 amide bonds. The molecule has 2 N–H and O–H groups in total. The van der Waals surface area contributed by atoms with Crippen LogP contribution in [0, 0.1) is 5.82 Å². The lowest BCUT2D eigenvalue weighted by atomic mass is 10.1. The summed E-state index contributed by atoms with van der Waals surface area (Å²) in [7, 11) is 1.63. The summed E-state index contributed by atoms with van der Waals surface area (Å²) in [5.41, 5.74) is 2.08. The number of ether oxygens (including phenoxy) is 1. The van der Waals surface area contributed by atoms with Crippen molar-refractivity contribution in [3.8, 4) is 5.75 Å². The van der Waals surface area contributed by atoms with E-state index in [1.807, 2.05) is 30.3 Å². The van der Waals surface area contributed by atoms with E-state index >= 15 is 0 Å². The molecule has 0 aliphatic heterocycles. The van der Waals surface area contributed by atoms with Gasteiger partial charge in [-0.25, -0.2) is 9.18 Å². The molecule has 5 heteroatoms. The molecule has 0 radical (unpaired) electrons. The van der Waals surface area contributed by atoms with Crippen LogP contribution in [0.1, 0.15) is 17.5 Å². The van der Waals surface area contributed by atoms with Crippen LogP contribution >= 0.6 is 0 Å². The Morgan fingerprint density at radius 1 is 1.00 bits per heavy atom. The van der Waals surface area contributed by atoms with Gasteiger partial charge in [0, 0.05) is 13.1 Å². The van der Waals surface area contributed by atoms with E-state index in [2.05, 4.69) is 10.6 Å². The molecule has 0 bridgehead atoms. The van der Waals surface area contributed by atoms with Crippen molar-refractivity contribution >= 4 is 6.03 Å². The molecular formula is C19H23FN2O2. The number of nitrogens with one attached hydrogen (secondary N) is 2. The zero-order chi connectivity index (χ0) is 17.2. The summed E-state index contributed by atoms with van der Waals surface area (Å²) in [6.07, 6.45) is 2.28. The quantitative estimate of drug-likeness (QED) is 0.730. The SMILES string of the molecule is COc1ccc(CCNC(=O)NCCCc2cccc(F)c2)cc1. The number of aryl methyl sites for hydroxylation is 1. The lowest BCUT2D eigenvalue weighted by Gasteiger charge is -2.08. The minimum atomic E-state index is -0.225. The summed E-state index contributed by atoms with van der Waals surface area (Å²) >= 11 is 0. The molecule has 0 unspecified atom stereocenters. The molecule has 0 saturated carbocycles. The third kappa shape index (κ3) is 6.28. The number of hydrogen-bond acceptors (Lipinski definition) is 2. The molecule has 0 saturated heterocycles. The lowest BCUT2D eigenvalue weighted by Crippen LogP contribution is -2.37. The second kappa shape index (κ2) is 9.55. The van der Waals surface area contributed by atoms with Crippen LogP contribution in [-0.4, -0.2) is 26.2 Å². The van der Waals surface area contributed by atoms with Crippen molar-refractivity contribution < 1.29 is 13.9 Å². The third-order valence-corrected chi connectivity index (χ3v) is 3.68. The van der Waals surface area contributed by atoms with E-state index in [-0.39, 0.29) is 11.8 Å². The highest BCUT2D eigenvalue weighted by atomic mass is 19.1. The normalized spacial score (nSPS) is 10.2. The second-order valence-corrected chi connectivity index (χ2v) is 5.51. The van der Waals surface area contributed by atoms with Crippen molar-refractivity contribution in [1.29, 1.82) is 0 Å². The molecule has 2 rings (SSSR count). The van der Waals surface area contributed by atoms with E-state index in [4.69, 9.17) is 4.74 Å². The Morgan fingerprint density at radius 3 is 2.46 bits per heavy atom. The van der Waals surface area contributed by atoms with Gasteiger partial charge in [-0.1, -0.05) is 24.3 Å². The number of urea groups is 1. The van der Waals surface area contributed by atoms with Crippen LogP contribution in [-0.2, 0) is 12.8 Å². The van der Waals surface area contributed by atoms with Gasteiger partial charge < -0.3 is 15.4 Å². The second-order valence-electron chi connectivity index (χ2n) is 5.51. The Hall–Kier alpha value is -2.56. The van der Waals surface area contributed by atoms with Crippen LogP contribution in [0.15, 0.2) is 48.5 Å². The molecule has 24 heavy (non-hydrogen) atoms. The molecule has 0 aromatic heterocycles. The third-order valence-electron chi connectivity index (χ3n) is 3.68. The van der Waals surface area contributed by atoms with Crippen LogP contribution in [0.25, 0.3) is 0 Å². The smallest absolute Gasteiger partial charge is 0.314 e. The number of rotatable bonds is 8. The van der Waals surface area contributed by atoms with Crippen LogP contribution in [0.3, 0.4) is 0 Å². The van der Waals surface area contributed by atoms with Crippen molar-refractivity contribution in [2.45, 2.75) is 19.3 Å². The number of amides is 2. The Kier molecular flexibility index (Phi) is 7.08. The summed E-state index contributed by atoms with van der Waals surface area (Å²) in [5, 5.41) is 5.63. The molecule has 4 nitrogen and oxygen atoms in total. The van der Waals surface area contributed by atoms with Crippen molar-refractivity contribution in [2.24, 2.45) is 0 Å². The van der Waals surface area contributed by atoms with Gasteiger partial charge in [-0.15, -0.1) is 0 Å². The van der Waals surface area contributed by atoms with Crippen LogP contribution in [0.4, 0.5) is 9.18 Å². The van der Waals surface area contributed by atoms with Gasteiger partial charge in [0.2, 0.25) is 0 Å². The van der Waals surface area contributed by atoms with Crippen LogP contribution in [0.2, 0.25) is 0 Å². The van der Waals surface area contributed by atoms with Gasteiger partial charge in [-0.2, -0.15) is 0 Å². The van der Waals surface area contributed by atoms with E-state index in [9.17, 15) is 9.18 Å². The van der Waals surface area contributed by atoms with Gasteiger partial charge in [0.25, 0.3) is 0 Å². The summed E-state index contributed by atoms with van der Waals surface area (Å²) < 4.78 is 18.1. The minimum absolute atomic E-state index is 0.178. The lowest BCUT2D eigenvalue weighted by molar-refractivity contribution is 0.241. The monoisotopic (exact) mass is 330 g/mol. The number of carbonyl (C=O) groups excluding carboxylic acids is 1. The molecule has 128 valence electrons. The maximum Gasteiger partial charge on any atom is 0.314 e. The molecule has 2 aromatic carbocycles. The standard InChI is InChI=1S/C19H23FN2O2/c1-24-18-9-7-15(8-10-18)11-13-22-19(23)21-12-3-5-16-4-2-6-17(20)14-16/h2,4,6-10,14H,3,5,11-13H2,1H3,(H2,21,22,23). The maximum atomic E-state index is 13.0. The Morgan fingerprint density at radius 2 is 1.75 bits per heavy atom. The molecule has 0 heterocycles. The van der Waals surface area contributed by atoms with Gasteiger partial charge in [0.05, 0.1) is 7.11 Å². The zero-order valence-electron chi connectivity index (χ0n) is 13.8. The molecule has 0 fully saturated rings. The van der Waals surface area contributed by atoms with Gasteiger partial charge in [-0.05, 0) is 54.7 Å². The molecule has 0 aliphatic rings. The topological polar surface area (TPSA) is 50.4 Å². The van der Waals surface area contributed by atoms with Gasteiger partial charge in [-0.3, -0.25) is 0 Å². The van der Waals surface area contributed by atoms with E-state index in [0.29, 0.717) is 13.1 Å².